The van der Waals surface area contributed by atoms with Crippen LogP contribution < -0.4 is 5.56 Å². The van der Waals surface area contributed by atoms with E-state index in [0.717, 1.165) is 22.0 Å². The van der Waals surface area contributed by atoms with E-state index in [9.17, 15) is 4.79 Å². The van der Waals surface area contributed by atoms with Gasteiger partial charge in [-0.1, -0.05) is 35.5 Å². The van der Waals surface area contributed by atoms with Crippen molar-refractivity contribution in [2.24, 2.45) is 0 Å². The number of nitrogens with zero attached hydrogens (tertiary/aromatic N) is 3. The van der Waals surface area contributed by atoms with E-state index in [0.29, 0.717) is 26.8 Å². The number of halogens is 1. The van der Waals surface area contributed by atoms with Gasteiger partial charge in [0.15, 0.2) is 5.16 Å². The zero-order valence-electron chi connectivity index (χ0n) is 14.8. The zero-order chi connectivity index (χ0) is 19.0. The van der Waals surface area contributed by atoms with E-state index in [1.165, 1.54) is 11.8 Å². The van der Waals surface area contributed by atoms with Gasteiger partial charge < -0.3 is 0 Å². The molecule has 0 aliphatic rings. The van der Waals surface area contributed by atoms with Gasteiger partial charge in [-0.25, -0.2) is 9.97 Å². The monoisotopic (exact) mass is 413 g/mol. The molecular weight excluding hydrogens is 398 g/mol. The lowest BCUT2D eigenvalue weighted by atomic mass is 10.2. The third-order valence-electron chi connectivity index (χ3n) is 4.08. The average Bonchev–Trinajstić information content (AvgIpc) is 3.05. The average molecular weight is 414 g/mol. The minimum absolute atomic E-state index is 0.0979. The van der Waals surface area contributed by atoms with E-state index in [1.54, 1.807) is 34.1 Å². The number of rotatable bonds is 4. The Bertz CT molecular complexity index is 1200. The summed E-state index contributed by atoms with van der Waals surface area (Å²) >= 11 is 9.23. The Kier molecular flexibility index (Phi) is 5.04. The number of benzene rings is 2. The number of hydrogen-bond donors (Lipinski definition) is 0. The maximum absolute atomic E-state index is 13.2. The second-order valence-corrected chi connectivity index (χ2v) is 8.62. The molecule has 0 unspecified atom stereocenters. The van der Waals surface area contributed by atoms with Gasteiger partial charge in [-0.05, 0) is 49.7 Å². The van der Waals surface area contributed by atoms with Gasteiger partial charge in [-0.15, -0.1) is 11.3 Å². The van der Waals surface area contributed by atoms with Crippen LogP contribution in [0.25, 0.3) is 16.6 Å². The summed E-state index contributed by atoms with van der Waals surface area (Å²) in [5, 5.41) is 4.81. The molecule has 0 aliphatic carbocycles. The number of thioether (sulfide) groups is 1. The lowest BCUT2D eigenvalue weighted by Crippen LogP contribution is -2.21. The van der Waals surface area contributed by atoms with Crippen LogP contribution in [0.15, 0.2) is 57.8 Å². The molecule has 0 atom stereocenters. The van der Waals surface area contributed by atoms with Crippen LogP contribution in [-0.4, -0.2) is 14.5 Å². The first-order valence-corrected chi connectivity index (χ1v) is 10.6. The van der Waals surface area contributed by atoms with Crippen molar-refractivity contribution in [3.63, 3.8) is 0 Å². The zero-order valence-corrected chi connectivity index (χ0v) is 17.2. The quantitative estimate of drug-likeness (QED) is 0.331. The van der Waals surface area contributed by atoms with Crippen molar-refractivity contribution in [1.29, 1.82) is 0 Å². The first-order valence-electron chi connectivity index (χ1n) is 8.34. The summed E-state index contributed by atoms with van der Waals surface area (Å²) < 4.78 is 1.67. The number of aryl methyl sites for hydroxylation is 2. The third-order valence-corrected chi connectivity index (χ3v) is 6.11. The minimum atomic E-state index is -0.0979. The lowest BCUT2D eigenvalue weighted by molar-refractivity contribution is 0.818. The molecule has 0 saturated heterocycles. The number of hydrogen-bond acceptors (Lipinski definition) is 5. The number of aromatic nitrogens is 3. The molecule has 136 valence electrons. The molecule has 2 heterocycles. The van der Waals surface area contributed by atoms with Crippen LogP contribution in [-0.2, 0) is 5.75 Å². The molecule has 4 nitrogen and oxygen atoms in total. The van der Waals surface area contributed by atoms with Gasteiger partial charge in [0.2, 0.25) is 0 Å². The molecule has 2 aromatic heterocycles. The van der Waals surface area contributed by atoms with E-state index < -0.39 is 0 Å². The highest BCUT2D eigenvalue weighted by Gasteiger charge is 2.14. The Morgan fingerprint density at radius 1 is 1.15 bits per heavy atom. The van der Waals surface area contributed by atoms with E-state index in [4.69, 9.17) is 16.6 Å². The Balaban J connectivity index is 1.88. The largest absolute Gasteiger partial charge is 0.268 e. The standard InChI is InChI=1S/C20H16ClN3OS2/c1-12-4-3-5-16(8-12)24-19(25)17-7-6-14(21)9-18(17)23-20(24)27-11-15-10-26-13(2)22-15/h3-10H,11H2,1-2H3. The first kappa shape index (κ1) is 18.2. The van der Waals surface area contributed by atoms with Crippen LogP contribution in [0.3, 0.4) is 0 Å². The van der Waals surface area contributed by atoms with Gasteiger partial charge in [-0.3, -0.25) is 9.36 Å². The second-order valence-electron chi connectivity index (χ2n) is 6.18. The molecule has 0 N–H and O–H groups in total. The fraction of sp³-hybridized carbons (Fsp3) is 0.150. The van der Waals surface area contributed by atoms with Gasteiger partial charge in [0.05, 0.1) is 27.3 Å². The summed E-state index contributed by atoms with van der Waals surface area (Å²) in [6, 6.07) is 13.1. The van der Waals surface area contributed by atoms with Crippen molar-refractivity contribution >= 4 is 45.6 Å². The molecule has 0 saturated carbocycles. The number of thiazole rings is 1. The van der Waals surface area contributed by atoms with Crippen LogP contribution in [0, 0.1) is 13.8 Å². The molecule has 0 amide bonds. The molecule has 0 bridgehead atoms. The molecule has 0 fully saturated rings. The van der Waals surface area contributed by atoms with Crippen LogP contribution in [0.2, 0.25) is 5.02 Å². The van der Waals surface area contributed by atoms with E-state index in [-0.39, 0.29) is 5.56 Å². The van der Waals surface area contributed by atoms with E-state index >= 15 is 0 Å². The smallest absolute Gasteiger partial charge is 0.266 e. The van der Waals surface area contributed by atoms with Crippen LogP contribution in [0.5, 0.6) is 0 Å². The van der Waals surface area contributed by atoms with Crippen LogP contribution in [0.4, 0.5) is 0 Å². The summed E-state index contributed by atoms with van der Waals surface area (Å²) in [6.45, 7) is 3.99. The van der Waals surface area contributed by atoms with Gasteiger partial charge >= 0.3 is 0 Å². The minimum Gasteiger partial charge on any atom is -0.268 e. The van der Waals surface area contributed by atoms with Crippen molar-refractivity contribution in [2.45, 2.75) is 24.8 Å². The highest BCUT2D eigenvalue weighted by molar-refractivity contribution is 7.98. The van der Waals surface area contributed by atoms with Crippen molar-refractivity contribution in [1.82, 2.24) is 14.5 Å². The predicted molar refractivity (Wildman–Crippen MR) is 113 cm³/mol. The molecular formula is C20H16ClN3OS2. The maximum atomic E-state index is 13.2. The molecule has 27 heavy (non-hydrogen) atoms. The molecule has 4 rings (SSSR count). The highest BCUT2D eigenvalue weighted by atomic mass is 35.5. The summed E-state index contributed by atoms with van der Waals surface area (Å²) in [5.74, 6) is 0.647. The first-order chi connectivity index (χ1) is 13.0. The van der Waals surface area contributed by atoms with Gasteiger partial charge in [0.25, 0.3) is 5.56 Å². The predicted octanol–water partition coefficient (Wildman–Crippen LogP) is 5.40. The van der Waals surface area contributed by atoms with Gasteiger partial charge in [-0.2, -0.15) is 0 Å². The SMILES string of the molecule is Cc1cccc(-n2c(SCc3csc(C)n3)nc3cc(Cl)ccc3c2=O)c1. The fourth-order valence-electron chi connectivity index (χ4n) is 2.84. The molecule has 0 aliphatic heterocycles. The fourth-order valence-corrected chi connectivity index (χ4v) is 4.63. The lowest BCUT2D eigenvalue weighted by Gasteiger charge is -2.13. The van der Waals surface area contributed by atoms with Crippen molar-refractivity contribution in [3.8, 4) is 5.69 Å². The summed E-state index contributed by atoms with van der Waals surface area (Å²) in [7, 11) is 0. The number of fused-ring (bicyclic) bond motifs is 1. The maximum Gasteiger partial charge on any atom is 0.266 e. The topological polar surface area (TPSA) is 47.8 Å². The molecule has 7 heteroatoms. The molecule has 0 spiro atoms. The Morgan fingerprint density at radius 3 is 2.74 bits per heavy atom. The van der Waals surface area contributed by atoms with Crippen molar-refractivity contribution in [3.05, 3.63) is 79.5 Å². The third kappa shape index (κ3) is 3.78. The molecule has 0 radical (unpaired) electrons. The molecule has 4 aromatic rings. The van der Waals surface area contributed by atoms with Crippen molar-refractivity contribution < 1.29 is 0 Å². The Labute approximate surface area is 169 Å². The van der Waals surface area contributed by atoms with Crippen LogP contribution >= 0.6 is 34.7 Å². The van der Waals surface area contributed by atoms with Crippen LogP contribution in [0.1, 0.15) is 16.3 Å². The van der Waals surface area contributed by atoms with Gasteiger partial charge in [0.1, 0.15) is 0 Å². The summed E-state index contributed by atoms with van der Waals surface area (Å²) in [4.78, 5) is 22.5. The summed E-state index contributed by atoms with van der Waals surface area (Å²) in [5.41, 5.74) is 3.38. The Hall–Kier alpha value is -2.15. The van der Waals surface area contributed by atoms with Gasteiger partial charge in [0, 0.05) is 16.2 Å². The van der Waals surface area contributed by atoms with E-state index in [2.05, 4.69) is 4.98 Å². The normalized spacial score (nSPS) is 11.2. The second kappa shape index (κ2) is 7.46. The highest BCUT2D eigenvalue weighted by Crippen LogP contribution is 2.26. The van der Waals surface area contributed by atoms with E-state index in [1.807, 2.05) is 43.5 Å². The molecule has 2 aromatic carbocycles. The van der Waals surface area contributed by atoms with Crippen molar-refractivity contribution in [2.75, 3.05) is 0 Å². The summed E-state index contributed by atoms with van der Waals surface area (Å²) in [6.07, 6.45) is 0. The Morgan fingerprint density at radius 2 is 2.00 bits per heavy atom.